The van der Waals surface area contributed by atoms with E-state index in [-0.39, 0.29) is 10.7 Å². The van der Waals surface area contributed by atoms with Gasteiger partial charge in [0.2, 0.25) is 0 Å². The molecule has 0 spiro atoms. The number of carbonyl (C=O) groups is 1. The number of hydrogen-bond donors (Lipinski definition) is 2. The summed E-state index contributed by atoms with van der Waals surface area (Å²) in [5, 5.41) is 11.7. The fourth-order valence-electron chi connectivity index (χ4n) is 1.51. The first-order chi connectivity index (χ1) is 8.36. The highest BCUT2D eigenvalue weighted by molar-refractivity contribution is 7.90. The predicted molar refractivity (Wildman–Crippen MR) is 67.3 cm³/mol. The highest BCUT2D eigenvalue weighted by atomic mass is 32.2. The first-order valence-corrected chi connectivity index (χ1v) is 7.39. The Balaban J connectivity index is 3.07. The summed E-state index contributed by atoms with van der Waals surface area (Å²) in [4.78, 5) is 14.9. The summed E-state index contributed by atoms with van der Waals surface area (Å²) < 4.78 is 23.1. The van der Waals surface area contributed by atoms with Gasteiger partial charge in [-0.15, -0.1) is 0 Å². The Morgan fingerprint density at radius 3 is 2.72 bits per heavy atom. The van der Waals surface area contributed by atoms with E-state index in [1.807, 2.05) is 6.92 Å². The number of nitrogens with one attached hydrogen (secondary N) is 1. The molecule has 0 aliphatic carbocycles. The standard InChI is InChI=1S/C11H16N2O4S/c1-3-5-8(11(14)15)13-10-9(18(2,16)17)6-4-7-12-10/h4,6-8H,3,5H2,1-2H3,(H,12,13)(H,14,15). The summed E-state index contributed by atoms with van der Waals surface area (Å²) in [7, 11) is -3.44. The molecule has 0 saturated carbocycles. The third-order valence-corrected chi connectivity index (χ3v) is 3.48. The van der Waals surface area contributed by atoms with Crippen molar-refractivity contribution >= 4 is 21.6 Å². The molecule has 0 fully saturated rings. The molecule has 2 N–H and O–H groups in total. The number of carboxylic acid groups (broad SMARTS) is 1. The maximum atomic E-state index is 11.5. The molecule has 0 bridgehead atoms. The minimum absolute atomic E-state index is 0.00681. The first-order valence-electron chi connectivity index (χ1n) is 5.50. The Bertz CT molecular complexity index is 528. The van der Waals surface area contributed by atoms with E-state index >= 15 is 0 Å². The molecular weight excluding hydrogens is 256 g/mol. The summed E-state index contributed by atoms with van der Waals surface area (Å²) in [5.41, 5.74) is 0. The zero-order chi connectivity index (χ0) is 13.8. The number of aliphatic carboxylic acids is 1. The quantitative estimate of drug-likeness (QED) is 0.806. The van der Waals surface area contributed by atoms with Crippen molar-refractivity contribution in [3.63, 3.8) is 0 Å². The van der Waals surface area contributed by atoms with Gasteiger partial charge in [0, 0.05) is 12.5 Å². The molecule has 7 heteroatoms. The van der Waals surface area contributed by atoms with Crippen LogP contribution in [-0.2, 0) is 14.6 Å². The van der Waals surface area contributed by atoms with Crippen molar-refractivity contribution in [3.8, 4) is 0 Å². The van der Waals surface area contributed by atoms with Crippen molar-refractivity contribution in [2.45, 2.75) is 30.7 Å². The van der Waals surface area contributed by atoms with E-state index < -0.39 is 21.8 Å². The number of pyridine rings is 1. The molecule has 0 saturated heterocycles. The van der Waals surface area contributed by atoms with Gasteiger partial charge in [-0.05, 0) is 18.6 Å². The van der Waals surface area contributed by atoms with Crippen LogP contribution in [0.3, 0.4) is 0 Å². The van der Waals surface area contributed by atoms with Gasteiger partial charge in [0.05, 0.1) is 0 Å². The highest BCUT2D eigenvalue weighted by Gasteiger charge is 2.21. The van der Waals surface area contributed by atoms with Crippen molar-refractivity contribution in [2.75, 3.05) is 11.6 Å². The van der Waals surface area contributed by atoms with Crippen LogP contribution in [0.4, 0.5) is 5.82 Å². The van der Waals surface area contributed by atoms with Crippen molar-refractivity contribution < 1.29 is 18.3 Å². The molecule has 6 nitrogen and oxygen atoms in total. The van der Waals surface area contributed by atoms with E-state index in [1.165, 1.54) is 18.3 Å². The van der Waals surface area contributed by atoms with E-state index in [0.29, 0.717) is 12.8 Å². The Hall–Kier alpha value is -1.63. The van der Waals surface area contributed by atoms with Crippen molar-refractivity contribution in [1.29, 1.82) is 0 Å². The van der Waals surface area contributed by atoms with Crippen LogP contribution in [0.1, 0.15) is 19.8 Å². The fourth-order valence-corrected chi connectivity index (χ4v) is 2.30. The molecule has 0 amide bonds. The SMILES string of the molecule is CCCC(Nc1ncccc1S(C)(=O)=O)C(=O)O. The van der Waals surface area contributed by atoms with Crippen molar-refractivity contribution in [2.24, 2.45) is 0 Å². The third kappa shape index (κ3) is 3.69. The number of carboxylic acids is 1. The van der Waals surface area contributed by atoms with Crippen LogP contribution in [0.5, 0.6) is 0 Å². The van der Waals surface area contributed by atoms with Crippen LogP contribution in [0.15, 0.2) is 23.2 Å². The molecule has 1 unspecified atom stereocenters. The topological polar surface area (TPSA) is 96.4 Å². The number of nitrogens with zero attached hydrogens (tertiary/aromatic N) is 1. The second-order valence-corrected chi connectivity index (χ2v) is 5.93. The second-order valence-electron chi connectivity index (χ2n) is 3.95. The maximum Gasteiger partial charge on any atom is 0.326 e. The Morgan fingerprint density at radius 1 is 1.56 bits per heavy atom. The van der Waals surface area contributed by atoms with E-state index in [0.717, 1.165) is 6.26 Å². The van der Waals surface area contributed by atoms with Gasteiger partial charge in [0.1, 0.15) is 16.8 Å². The molecule has 1 rings (SSSR count). The van der Waals surface area contributed by atoms with Crippen LogP contribution in [0.2, 0.25) is 0 Å². The van der Waals surface area contributed by atoms with Crippen LogP contribution in [0, 0.1) is 0 Å². The Morgan fingerprint density at radius 2 is 2.22 bits per heavy atom. The fraction of sp³-hybridized carbons (Fsp3) is 0.455. The summed E-state index contributed by atoms with van der Waals surface area (Å²) in [6, 6.07) is 2.05. The molecule has 0 aromatic carbocycles. The van der Waals surface area contributed by atoms with Crippen LogP contribution >= 0.6 is 0 Å². The third-order valence-electron chi connectivity index (χ3n) is 2.36. The Labute approximate surface area is 106 Å². The Kier molecular flexibility index (Phi) is 4.66. The molecular formula is C11H16N2O4S. The summed E-state index contributed by atoms with van der Waals surface area (Å²) in [6.07, 6.45) is 3.55. The van der Waals surface area contributed by atoms with E-state index in [4.69, 9.17) is 5.11 Å². The van der Waals surface area contributed by atoms with Crippen molar-refractivity contribution in [3.05, 3.63) is 18.3 Å². The lowest BCUT2D eigenvalue weighted by Gasteiger charge is -2.15. The van der Waals surface area contributed by atoms with Gasteiger partial charge in [-0.1, -0.05) is 13.3 Å². The smallest absolute Gasteiger partial charge is 0.326 e. The lowest BCUT2D eigenvalue weighted by molar-refractivity contribution is -0.138. The normalized spacial score (nSPS) is 13.0. The predicted octanol–water partition coefficient (Wildman–Crippen LogP) is 1.15. The molecule has 0 aliphatic heterocycles. The first kappa shape index (κ1) is 14.4. The van der Waals surface area contributed by atoms with E-state index in [9.17, 15) is 13.2 Å². The minimum Gasteiger partial charge on any atom is -0.480 e. The monoisotopic (exact) mass is 272 g/mol. The van der Waals surface area contributed by atoms with Crippen LogP contribution in [-0.4, -0.2) is 36.8 Å². The minimum atomic E-state index is -3.44. The number of rotatable bonds is 6. The second kappa shape index (κ2) is 5.81. The maximum absolute atomic E-state index is 11.5. The summed E-state index contributed by atoms with van der Waals surface area (Å²) >= 11 is 0. The molecule has 1 heterocycles. The average molecular weight is 272 g/mol. The van der Waals surface area contributed by atoms with Gasteiger partial charge in [-0.25, -0.2) is 18.2 Å². The largest absolute Gasteiger partial charge is 0.480 e. The lowest BCUT2D eigenvalue weighted by atomic mass is 10.2. The van der Waals surface area contributed by atoms with E-state index in [2.05, 4.69) is 10.3 Å². The molecule has 1 atom stereocenters. The molecule has 0 radical (unpaired) electrons. The van der Waals surface area contributed by atoms with Gasteiger partial charge >= 0.3 is 5.97 Å². The zero-order valence-electron chi connectivity index (χ0n) is 10.3. The zero-order valence-corrected chi connectivity index (χ0v) is 11.1. The molecule has 100 valence electrons. The molecule has 0 aliphatic rings. The van der Waals surface area contributed by atoms with Crippen molar-refractivity contribution in [1.82, 2.24) is 4.98 Å². The highest BCUT2D eigenvalue weighted by Crippen LogP contribution is 2.19. The summed E-state index contributed by atoms with van der Waals surface area (Å²) in [5.74, 6) is -0.942. The van der Waals surface area contributed by atoms with Crippen LogP contribution in [0.25, 0.3) is 0 Å². The van der Waals surface area contributed by atoms with Gasteiger partial charge in [0.15, 0.2) is 9.84 Å². The lowest BCUT2D eigenvalue weighted by Crippen LogP contribution is -2.30. The molecule has 1 aromatic heterocycles. The van der Waals surface area contributed by atoms with Gasteiger partial charge < -0.3 is 10.4 Å². The molecule has 18 heavy (non-hydrogen) atoms. The number of sulfone groups is 1. The number of aromatic nitrogens is 1. The number of anilines is 1. The average Bonchev–Trinajstić information content (AvgIpc) is 2.27. The van der Waals surface area contributed by atoms with Gasteiger partial charge in [0.25, 0.3) is 0 Å². The van der Waals surface area contributed by atoms with Crippen LogP contribution < -0.4 is 5.32 Å². The van der Waals surface area contributed by atoms with Gasteiger partial charge in [-0.2, -0.15) is 0 Å². The number of hydrogen-bond acceptors (Lipinski definition) is 5. The van der Waals surface area contributed by atoms with E-state index in [1.54, 1.807) is 0 Å². The van der Waals surface area contributed by atoms with Gasteiger partial charge in [-0.3, -0.25) is 0 Å². The summed E-state index contributed by atoms with van der Waals surface area (Å²) in [6.45, 7) is 1.85. The molecule has 1 aromatic rings.